The van der Waals surface area contributed by atoms with Gasteiger partial charge in [-0.3, -0.25) is 4.90 Å². The number of anilines is 1. The maximum absolute atomic E-state index is 13.9. The Bertz CT molecular complexity index is 939. The zero-order chi connectivity index (χ0) is 25.3. The van der Waals surface area contributed by atoms with Crippen LogP contribution in [0.1, 0.15) is 54.2 Å². The summed E-state index contributed by atoms with van der Waals surface area (Å²) in [5.74, 6) is -14.0. The lowest BCUT2D eigenvalue weighted by Gasteiger charge is -2.25. The van der Waals surface area contributed by atoms with Crippen molar-refractivity contribution in [1.29, 1.82) is 0 Å². The van der Waals surface area contributed by atoms with Crippen LogP contribution in [0.2, 0.25) is 0 Å². The number of carbonyl (C=O) groups is 1. The fraction of sp³-hybridized carbons (Fsp3) is 0.545. The zero-order valence-corrected chi connectivity index (χ0v) is 20.1. The third-order valence-electron chi connectivity index (χ3n) is 4.85. The molecule has 6 nitrogen and oxygen atoms in total. The van der Waals surface area contributed by atoms with E-state index in [0.29, 0.717) is 31.1 Å². The molecular formula is C22H28F5N3O3S. The summed E-state index contributed by atoms with van der Waals surface area (Å²) in [4.78, 5) is 19.1. The summed E-state index contributed by atoms with van der Waals surface area (Å²) in [6.07, 6.45) is 3.81. The number of halogens is 5. The van der Waals surface area contributed by atoms with E-state index in [1.165, 1.54) is 7.11 Å². The molecule has 0 saturated carbocycles. The first-order chi connectivity index (χ1) is 16.3. The summed E-state index contributed by atoms with van der Waals surface area (Å²) in [7, 11) is 1.53. The van der Waals surface area contributed by atoms with Crippen LogP contribution >= 0.6 is 11.3 Å². The van der Waals surface area contributed by atoms with Crippen LogP contribution in [0, 0.1) is 29.1 Å². The van der Waals surface area contributed by atoms with E-state index in [4.69, 9.17) is 4.74 Å². The molecule has 1 aliphatic rings. The minimum atomic E-state index is -2.33. The van der Waals surface area contributed by atoms with E-state index in [1.54, 1.807) is 0 Å². The highest BCUT2D eigenvalue weighted by molar-refractivity contribution is 7.14. The minimum Gasteiger partial charge on any atom is -0.416 e. The van der Waals surface area contributed by atoms with Gasteiger partial charge < -0.3 is 14.8 Å². The monoisotopic (exact) mass is 509 g/mol. The van der Waals surface area contributed by atoms with Crippen LogP contribution in [0.3, 0.4) is 0 Å². The van der Waals surface area contributed by atoms with Crippen LogP contribution in [0.25, 0.3) is 0 Å². The number of nitrogens with zero attached hydrogens (tertiary/aromatic N) is 2. The smallest absolute Gasteiger partial charge is 0.357 e. The number of aromatic nitrogens is 1. The Kier molecular flexibility index (Phi) is 11.1. The number of methoxy groups -OCH3 is 1. The van der Waals surface area contributed by atoms with Gasteiger partial charge in [0.2, 0.25) is 34.8 Å². The van der Waals surface area contributed by atoms with Crippen molar-refractivity contribution in [1.82, 2.24) is 9.88 Å². The van der Waals surface area contributed by atoms with Crippen molar-refractivity contribution in [3.8, 4) is 5.75 Å². The molecule has 0 atom stereocenters. The normalized spacial score (nSPS) is 13.9. The van der Waals surface area contributed by atoms with E-state index >= 15 is 0 Å². The van der Waals surface area contributed by atoms with Crippen molar-refractivity contribution >= 4 is 23.1 Å². The number of thiazole rings is 1. The molecule has 0 spiro atoms. The zero-order valence-electron chi connectivity index (χ0n) is 19.3. The Labute approximate surface area is 199 Å². The number of nitrogens with one attached hydrogen (secondary N) is 1. The fourth-order valence-corrected chi connectivity index (χ4v) is 4.19. The van der Waals surface area contributed by atoms with E-state index in [2.05, 4.69) is 19.9 Å². The summed E-state index contributed by atoms with van der Waals surface area (Å²) in [6, 6.07) is 0. The molecular weight excluding hydrogens is 481 g/mol. The molecule has 1 aliphatic heterocycles. The maximum Gasteiger partial charge on any atom is 0.357 e. The lowest BCUT2D eigenvalue weighted by atomic mass is 10.1. The molecule has 1 N–H and O–H groups in total. The summed E-state index contributed by atoms with van der Waals surface area (Å²) < 4.78 is 77.6. The Morgan fingerprint density at radius 2 is 1.59 bits per heavy atom. The molecule has 0 bridgehead atoms. The average Bonchev–Trinajstić information content (AvgIpc) is 3.26. The van der Waals surface area contributed by atoms with Gasteiger partial charge in [0, 0.05) is 20.3 Å². The molecule has 0 amide bonds. The van der Waals surface area contributed by atoms with E-state index in [0.717, 1.165) is 43.7 Å². The highest BCUT2D eigenvalue weighted by Gasteiger charge is 2.30. The first kappa shape index (κ1) is 27.9. The summed E-state index contributed by atoms with van der Waals surface area (Å²) >= 11 is 0.940. The van der Waals surface area contributed by atoms with Gasteiger partial charge in [0.05, 0.1) is 6.54 Å². The van der Waals surface area contributed by atoms with Crippen LogP contribution in [-0.2, 0) is 11.3 Å². The predicted octanol–water partition coefficient (Wildman–Crippen LogP) is 5.52. The van der Waals surface area contributed by atoms with Crippen molar-refractivity contribution in [2.45, 2.75) is 46.1 Å². The van der Waals surface area contributed by atoms with E-state index in [9.17, 15) is 26.7 Å². The Hall–Kier alpha value is -2.31. The third-order valence-corrected chi connectivity index (χ3v) is 5.87. The lowest BCUT2D eigenvalue weighted by Crippen LogP contribution is -2.29. The SMILES string of the molecule is CC.COCCCNc1nc(CN2CCCCC2)sc1C(=O)Oc1c(F)c(F)c(F)c(F)c1F. The topological polar surface area (TPSA) is 63.7 Å². The number of rotatable bonds is 9. The molecule has 1 fully saturated rings. The summed E-state index contributed by atoms with van der Waals surface area (Å²) in [6.45, 7) is 7.04. The van der Waals surface area contributed by atoms with E-state index in [-0.39, 0.29) is 10.7 Å². The van der Waals surface area contributed by atoms with E-state index in [1.807, 2.05) is 13.8 Å². The summed E-state index contributed by atoms with van der Waals surface area (Å²) in [5.41, 5.74) is 0. The number of carbonyl (C=O) groups excluding carboxylic acids is 1. The molecule has 1 aromatic heterocycles. The highest BCUT2D eigenvalue weighted by atomic mass is 32.1. The van der Waals surface area contributed by atoms with Crippen molar-refractivity contribution < 1.29 is 36.2 Å². The van der Waals surface area contributed by atoms with Gasteiger partial charge in [-0.25, -0.2) is 22.9 Å². The molecule has 190 valence electrons. The molecule has 2 heterocycles. The second-order valence-corrected chi connectivity index (χ2v) is 8.27. The van der Waals surface area contributed by atoms with Crippen LogP contribution in [0.5, 0.6) is 5.75 Å². The molecule has 34 heavy (non-hydrogen) atoms. The van der Waals surface area contributed by atoms with Gasteiger partial charge in [0.25, 0.3) is 0 Å². The molecule has 0 unspecified atom stereocenters. The van der Waals surface area contributed by atoms with Gasteiger partial charge in [0.1, 0.15) is 5.01 Å². The van der Waals surface area contributed by atoms with Crippen molar-refractivity contribution in [3.63, 3.8) is 0 Å². The van der Waals surface area contributed by atoms with Crippen molar-refractivity contribution in [3.05, 3.63) is 39.0 Å². The number of hydrogen-bond acceptors (Lipinski definition) is 7. The number of benzene rings is 1. The van der Waals surface area contributed by atoms with Gasteiger partial charge in [-0.1, -0.05) is 20.3 Å². The van der Waals surface area contributed by atoms with Crippen molar-refractivity contribution in [2.24, 2.45) is 0 Å². The van der Waals surface area contributed by atoms with Crippen LogP contribution in [0.15, 0.2) is 0 Å². The third kappa shape index (κ3) is 6.86. The van der Waals surface area contributed by atoms with E-state index < -0.39 is 40.8 Å². The summed E-state index contributed by atoms with van der Waals surface area (Å²) in [5, 5.41) is 3.50. The first-order valence-corrected chi connectivity index (χ1v) is 11.8. The molecule has 0 radical (unpaired) electrons. The maximum atomic E-state index is 13.9. The fourth-order valence-electron chi connectivity index (χ4n) is 3.24. The Balaban J connectivity index is 0.00000199. The van der Waals surface area contributed by atoms with Crippen molar-refractivity contribution in [2.75, 3.05) is 38.7 Å². The standard InChI is InChI=1S/C20H22F5N3O3S.C2H6/c1-30-9-5-6-26-19-18(32-11(27-19)10-28-7-3-2-4-8-28)20(29)31-17-15(24)13(22)12(21)14(23)16(17)25;1-2/h26H,2-10H2,1H3;1-2H3. The Morgan fingerprint density at radius 1 is 1.00 bits per heavy atom. The van der Waals surface area contributed by atoms with Crippen LogP contribution in [-0.4, -0.2) is 49.2 Å². The van der Waals surface area contributed by atoms with Gasteiger partial charge in [0.15, 0.2) is 10.7 Å². The molecule has 12 heteroatoms. The first-order valence-electron chi connectivity index (χ1n) is 11.0. The number of piperidine rings is 1. The number of hydrogen-bond donors (Lipinski definition) is 1. The number of likely N-dealkylation sites (tertiary alicyclic amines) is 1. The van der Waals surface area contributed by atoms with Gasteiger partial charge >= 0.3 is 5.97 Å². The molecule has 2 aromatic rings. The second kappa shape index (κ2) is 13.5. The predicted molar refractivity (Wildman–Crippen MR) is 119 cm³/mol. The van der Waals surface area contributed by atoms with Crippen LogP contribution in [0.4, 0.5) is 27.8 Å². The highest BCUT2D eigenvalue weighted by Crippen LogP contribution is 2.32. The molecule has 3 rings (SSSR count). The largest absolute Gasteiger partial charge is 0.416 e. The number of ether oxygens (including phenoxy) is 2. The minimum absolute atomic E-state index is 0.118. The molecule has 1 aromatic carbocycles. The molecule has 0 aliphatic carbocycles. The van der Waals surface area contributed by atoms with Gasteiger partial charge in [-0.05, 0) is 32.4 Å². The quantitative estimate of drug-likeness (QED) is 0.120. The lowest BCUT2D eigenvalue weighted by molar-refractivity contribution is 0.0722. The second-order valence-electron chi connectivity index (χ2n) is 7.18. The van der Waals surface area contributed by atoms with Crippen LogP contribution < -0.4 is 10.1 Å². The number of esters is 1. The molecule has 1 saturated heterocycles. The average molecular weight is 510 g/mol. The Morgan fingerprint density at radius 3 is 2.18 bits per heavy atom. The van der Waals surface area contributed by atoms with Gasteiger partial charge in [-0.15, -0.1) is 11.3 Å². The van der Waals surface area contributed by atoms with Gasteiger partial charge in [-0.2, -0.15) is 8.78 Å².